The molecule has 0 bridgehead atoms. The summed E-state index contributed by atoms with van der Waals surface area (Å²) in [6.45, 7) is 4.18. The minimum Gasteiger partial charge on any atom is -0.370 e. The molecule has 0 fully saturated rings. The topological polar surface area (TPSA) is 68.0 Å². The third-order valence-electron chi connectivity index (χ3n) is 2.15. The molecule has 0 atom stereocenters. The fraction of sp³-hybridized carbons (Fsp3) is 0.455. The molecule has 1 aromatic heterocycles. The van der Waals surface area contributed by atoms with E-state index in [0.717, 1.165) is 11.8 Å². The molecule has 0 aliphatic heterocycles. The Morgan fingerprint density at radius 3 is 2.81 bits per heavy atom. The number of nitrogens with two attached hydrogens (primary N) is 1. The van der Waals surface area contributed by atoms with Crippen LogP contribution in [0, 0.1) is 5.82 Å². The number of nitrogens with one attached hydrogen (secondary N) is 1. The molecule has 1 rings (SSSR count). The Labute approximate surface area is 94.1 Å². The second-order valence-corrected chi connectivity index (χ2v) is 4.39. The maximum atomic E-state index is 12.8. The SMILES string of the molecule is CC(C)(CC(N)=O)NCc1cncc(F)c1. The molecular weight excluding hydrogens is 209 g/mol. The molecule has 3 N–H and O–H groups in total. The summed E-state index contributed by atoms with van der Waals surface area (Å²) in [6.07, 6.45) is 2.96. The van der Waals surface area contributed by atoms with Crippen molar-refractivity contribution < 1.29 is 9.18 Å². The average molecular weight is 225 g/mol. The number of amides is 1. The van der Waals surface area contributed by atoms with Gasteiger partial charge in [0.25, 0.3) is 0 Å². The van der Waals surface area contributed by atoms with E-state index in [4.69, 9.17) is 5.73 Å². The van der Waals surface area contributed by atoms with Crippen LogP contribution < -0.4 is 11.1 Å². The van der Waals surface area contributed by atoms with Gasteiger partial charge in [-0.05, 0) is 25.5 Å². The first kappa shape index (κ1) is 12.6. The Kier molecular flexibility index (Phi) is 3.95. The van der Waals surface area contributed by atoms with Gasteiger partial charge in [0.05, 0.1) is 6.20 Å². The van der Waals surface area contributed by atoms with Gasteiger partial charge in [0.2, 0.25) is 5.91 Å². The number of hydrogen-bond acceptors (Lipinski definition) is 3. The first-order valence-electron chi connectivity index (χ1n) is 5.02. The lowest BCUT2D eigenvalue weighted by Crippen LogP contribution is -2.42. The van der Waals surface area contributed by atoms with Crippen molar-refractivity contribution in [1.82, 2.24) is 10.3 Å². The molecular formula is C11H16FN3O. The number of hydrogen-bond donors (Lipinski definition) is 2. The van der Waals surface area contributed by atoms with Crippen molar-refractivity contribution in [3.05, 3.63) is 29.8 Å². The Bertz CT molecular complexity index is 379. The zero-order chi connectivity index (χ0) is 12.2. The van der Waals surface area contributed by atoms with Gasteiger partial charge < -0.3 is 11.1 Å². The van der Waals surface area contributed by atoms with Gasteiger partial charge in [0.15, 0.2) is 0 Å². The molecule has 0 aromatic carbocycles. The lowest BCUT2D eigenvalue weighted by Gasteiger charge is -2.24. The predicted molar refractivity (Wildman–Crippen MR) is 58.9 cm³/mol. The highest BCUT2D eigenvalue weighted by Crippen LogP contribution is 2.09. The quantitative estimate of drug-likeness (QED) is 0.784. The number of halogens is 1. The van der Waals surface area contributed by atoms with E-state index in [0.29, 0.717) is 6.54 Å². The van der Waals surface area contributed by atoms with Crippen LogP contribution >= 0.6 is 0 Å². The molecule has 5 heteroatoms. The summed E-state index contributed by atoms with van der Waals surface area (Å²) in [5, 5.41) is 3.13. The summed E-state index contributed by atoms with van der Waals surface area (Å²) in [4.78, 5) is 14.5. The molecule has 16 heavy (non-hydrogen) atoms. The van der Waals surface area contributed by atoms with Gasteiger partial charge in [0.1, 0.15) is 5.82 Å². The number of primary amides is 1. The standard InChI is InChI=1S/C11H16FN3O/c1-11(2,4-10(13)16)15-6-8-3-9(12)7-14-5-8/h3,5,7,15H,4,6H2,1-2H3,(H2,13,16). The van der Waals surface area contributed by atoms with Gasteiger partial charge in [-0.15, -0.1) is 0 Å². The van der Waals surface area contributed by atoms with E-state index >= 15 is 0 Å². The summed E-state index contributed by atoms with van der Waals surface area (Å²) >= 11 is 0. The van der Waals surface area contributed by atoms with Gasteiger partial charge in [-0.1, -0.05) is 0 Å². The van der Waals surface area contributed by atoms with Gasteiger partial charge in [-0.25, -0.2) is 4.39 Å². The lowest BCUT2D eigenvalue weighted by atomic mass is 10.00. The fourth-order valence-electron chi connectivity index (χ4n) is 1.39. The highest BCUT2D eigenvalue weighted by molar-refractivity contribution is 5.74. The van der Waals surface area contributed by atoms with Crippen molar-refractivity contribution in [3.63, 3.8) is 0 Å². The average Bonchev–Trinajstić information content (AvgIpc) is 2.13. The van der Waals surface area contributed by atoms with Crippen LogP contribution in [0.4, 0.5) is 4.39 Å². The molecule has 0 spiro atoms. The number of carbonyl (C=O) groups is 1. The monoisotopic (exact) mass is 225 g/mol. The predicted octanol–water partition coefficient (Wildman–Crippen LogP) is 0.964. The molecule has 0 radical (unpaired) electrons. The van der Waals surface area contributed by atoms with E-state index < -0.39 is 5.54 Å². The van der Waals surface area contributed by atoms with E-state index in [2.05, 4.69) is 10.3 Å². The van der Waals surface area contributed by atoms with Crippen molar-refractivity contribution in [3.8, 4) is 0 Å². The minimum atomic E-state index is -0.405. The summed E-state index contributed by atoms with van der Waals surface area (Å²) in [6, 6.07) is 1.40. The van der Waals surface area contributed by atoms with E-state index in [1.807, 2.05) is 13.8 Å². The first-order valence-corrected chi connectivity index (χ1v) is 5.02. The second-order valence-electron chi connectivity index (χ2n) is 4.39. The minimum absolute atomic E-state index is 0.232. The van der Waals surface area contributed by atoms with Gasteiger partial charge in [-0.2, -0.15) is 0 Å². The number of nitrogens with zero attached hydrogens (tertiary/aromatic N) is 1. The molecule has 0 aliphatic rings. The van der Waals surface area contributed by atoms with Crippen LogP contribution in [0.25, 0.3) is 0 Å². The van der Waals surface area contributed by atoms with Crippen LogP contribution in [-0.4, -0.2) is 16.4 Å². The molecule has 0 aliphatic carbocycles. The first-order chi connectivity index (χ1) is 7.39. The van der Waals surface area contributed by atoms with E-state index in [-0.39, 0.29) is 18.1 Å². The number of carbonyl (C=O) groups excluding carboxylic acids is 1. The largest absolute Gasteiger partial charge is 0.370 e. The van der Waals surface area contributed by atoms with Gasteiger partial charge in [0, 0.05) is 24.7 Å². The summed E-state index contributed by atoms with van der Waals surface area (Å²) in [7, 11) is 0. The third kappa shape index (κ3) is 4.35. The van der Waals surface area contributed by atoms with Crippen LogP contribution in [0.5, 0.6) is 0 Å². The van der Waals surface area contributed by atoms with Gasteiger partial charge >= 0.3 is 0 Å². The zero-order valence-electron chi connectivity index (χ0n) is 9.46. The van der Waals surface area contributed by atoms with Crippen molar-refractivity contribution in [2.45, 2.75) is 32.4 Å². The Balaban J connectivity index is 2.54. The lowest BCUT2D eigenvalue weighted by molar-refractivity contribution is -0.119. The maximum absolute atomic E-state index is 12.8. The van der Waals surface area contributed by atoms with Crippen molar-refractivity contribution in [2.75, 3.05) is 0 Å². The van der Waals surface area contributed by atoms with Crippen LogP contribution in [0.2, 0.25) is 0 Å². The molecule has 0 saturated heterocycles. The smallest absolute Gasteiger partial charge is 0.219 e. The molecule has 88 valence electrons. The van der Waals surface area contributed by atoms with Crippen LogP contribution in [0.3, 0.4) is 0 Å². The Hall–Kier alpha value is -1.49. The fourth-order valence-corrected chi connectivity index (χ4v) is 1.39. The van der Waals surface area contributed by atoms with Crippen LogP contribution in [-0.2, 0) is 11.3 Å². The third-order valence-corrected chi connectivity index (χ3v) is 2.15. The highest BCUT2D eigenvalue weighted by Gasteiger charge is 2.19. The van der Waals surface area contributed by atoms with Crippen LogP contribution in [0.1, 0.15) is 25.8 Å². The number of rotatable bonds is 5. The van der Waals surface area contributed by atoms with Crippen LogP contribution in [0.15, 0.2) is 18.5 Å². The normalized spacial score (nSPS) is 11.4. The van der Waals surface area contributed by atoms with Crippen molar-refractivity contribution in [1.29, 1.82) is 0 Å². The summed E-state index contributed by atoms with van der Waals surface area (Å²) in [5.74, 6) is -0.734. The second kappa shape index (κ2) is 5.03. The Morgan fingerprint density at radius 1 is 1.56 bits per heavy atom. The maximum Gasteiger partial charge on any atom is 0.219 e. The Morgan fingerprint density at radius 2 is 2.25 bits per heavy atom. The number of aromatic nitrogens is 1. The van der Waals surface area contributed by atoms with Gasteiger partial charge in [-0.3, -0.25) is 9.78 Å². The van der Waals surface area contributed by atoms with E-state index in [1.165, 1.54) is 6.07 Å². The molecule has 1 heterocycles. The van der Waals surface area contributed by atoms with E-state index in [9.17, 15) is 9.18 Å². The van der Waals surface area contributed by atoms with E-state index in [1.54, 1.807) is 6.20 Å². The van der Waals surface area contributed by atoms with Crippen molar-refractivity contribution >= 4 is 5.91 Å². The molecule has 1 amide bonds. The molecule has 0 unspecified atom stereocenters. The molecule has 1 aromatic rings. The zero-order valence-corrected chi connectivity index (χ0v) is 9.46. The summed E-state index contributed by atoms with van der Waals surface area (Å²) < 4.78 is 12.8. The summed E-state index contributed by atoms with van der Waals surface area (Å²) in [5.41, 5.74) is 5.45. The highest BCUT2D eigenvalue weighted by atomic mass is 19.1. The molecule has 0 saturated carbocycles. The van der Waals surface area contributed by atoms with Crippen molar-refractivity contribution in [2.24, 2.45) is 5.73 Å². The number of pyridine rings is 1. The molecule has 4 nitrogen and oxygen atoms in total.